The number of phosphoric ester groups is 1. The Balaban J connectivity index is 2.40. The average molecular weight is 663 g/mol. The van der Waals surface area contributed by atoms with Gasteiger partial charge in [-0.1, -0.05) is 161 Å². The van der Waals surface area contributed by atoms with Crippen LogP contribution in [0.2, 0.25) is 0 Å². The Hall–Kier alpha value is -2.71. The highest BCUT2D eigenvalue weighted by atomic mass is 31.2. The van der Waals surface area contributed by atoms with Gasteiger partial charge < -0.3 is 13.6 Å². The van der Waals surface area contributed by atoms with Crippen molar-refractivity contribution in [3.8, 4) is 17.2 Å². The van der Waals surface area contributed by atoms with Gasteiger partial charge in [-0.25, -0.2) is 0 Å². The quantitative estimate of drug-likeness (QED) is 0.246. The minimum atomic E-state index is -4.39. The number of hydrogen-bond acceptors (Lipinski definition) is 4. The molecule has 0 radical (unpaired) electrons. The molecule has 0 fully saturated rings. The molecular weight excluding hydrogens is 599 g/mol. The Morgan fingerprint density at radius 1 is 0.362 bits per heavy atom. The van der Waals surface area contributed by atoms with Crippen molar-refractivity contribution < 1.29 is 18.1 Å². The lowest BCUT2D eigenvalue weighted by Gasteiger charge is -2.31. The highest BCUT2D eigenvalue weighted by Gasteiger charge is 2.39. The zero-order valence-electron chi connectivity index (χ0n) is 32.8. The van der Waals surface area contributed by atoms with Gasteiger partial charge in [0.25, 0.3) is 0 Å². The molecule has 0 aliphatic rings. The van der Waals surface area contributed by atoms with Crippen molar-refractivity contribution in [3.05, 3.63) is 88.0 Å². The summed E-state index contributed by atoms with van der Waals surface area (Å²) in [5.41, 5.74) is 4.67. The lowest BCUT2D eigenvalue weighted by molar-refractivity contribution is 0.290. The topological polar surface area (TPSA) is 44.8 Å². The molecule has 0 heterocycles. The molecule has 5 heteroatoms. The van der Waals surface area contributed by atoms with Crippen molar-refractivity contribution in [2.24, 2.45) is 0 Å². The van der Waals surface area contributed by atoms with Crippen molar-refractivity contribution in [1.29, 1.82) is 0 Å². The van der Waals surface area contributed by atoms with E-state index in [-0.39, 0.29) is 32.5 Å². The fourth-order valence-electron chi connectivity index (χ4n) is 5.47. The molecule has 47 heavy (non-hydrogen) atoms. The summed E-state index contributed by atoms with van der Waals surface area (Å²) in [6, 6.07) is 18.7. The molecule has 0 spiro atoms. The normalized spacial score (nSPS) is 13.8. The zero-order valence-corrected chi connectivity index (χ0v) is 33.7. The van der Waals surface area contributed by atoms with E-state index in [0.717, 1.165) is 33.4 Å². The first kappa shape index (κ1) is 38.7. The molecular formula is C42H63O4P. The fourth-order valence-corrected chi connectivity index (χ4v) is 6.76. The van der Waals surface area contributed by atoms with Crippen LogP contribution < -0.4 is 13.6 Å². The smallest absolute Gasteiger partial charge is 0.386 e. The van der Waals surface area contributed by atoms with E-state index in [9.17, 15) is 0 Å². The van der Waals surface area contributed by atoms with E-state index in [0.29, 0.717) is 17.2 Å². The fraction of sp³-hybridized carbons (Fsp3) is 0.571. The molecule has 0 aromatic heterocycles. The molecule has 260 valence electrons. The van der Waals surface area contributed by atoms with Crippen molar-refractivity contribution in [2.45, 2.75) is 157 Å². The first-order valence-electron chi connectivity index (χ1n) is 17.1. The molecule has 0 saturated carbocycles. The molecule has 0 aliphatic heterocycles. The van der Waals surface area contributed by atoms with Gasteiger partial charge in [0.1, 0.15) is 17.2 Å². The van der Waals surface area contributed by atoms with Crippen molar-refractivity contribution in [3.63, 3.8) is 0 Å². The monoisotopic (exact) mass is 662 g/mol. The van der Waals surface area contributed by atoms with Gasteiger partial charge in [0.15, 0.2) is 0 Å². The predicted molar refractivity (Wildman–Crippen MR) is 201 cm³/mol. The molecule has 0 unspecified atom stereocenters. The highest BCUT2D eigenvalue weighted by molar-refractivity contribution is 7.49. The van der Waals surface area contributed by atoms with Crippen LogP contribution in [0, 0.1) is 0 Å². The largest absolute Gasteiger partial charge is 0.647 e. The molecule has 3 aromatic carbocycles. The molecule has 3 rings (SSSR count). The van der Waals surface area contributed by atoms with Crippen LogP contribution in [-0.4, -0.2) is 0 Å². The van der Waals surface area contributed by atoms with Crippen molar-refractivity contribution >= 4 is 7.82 Å². The van der Waals surface area contributed by atoms with Crippen LogP contribution >= 0.6 is 7.82 Å². The third-order valence-electron chi connectivity index (χ3n) is 8.60. The van der Waals surface area contributed by atoms with Crippen LogP contribution in [0.25, 0.3) is 0 Å². The Kier molecular flexibility index (Phi) is 10.4. The summed E-state index contributed by atoms with van der Waals surface area (Å²) >= 11 is 0. The summed E-state index contributed by atoms with van der Waals surface area (Å²) < 4.78 is 35.7. The van der Waals surface area contributed by atoms with Crippen molar-refractivity contribution in [2.75, 3.05) is 0 Å². The van der Waals surface area contributed by atoms with Gasteiger partial charge in [-0.05, 0) is 67.4 Å². The minimum absolute atomic E-state index is 0.152. The van der Waals surface area contributed by atoms with Gasteiger partial charge in [-0.2, -0.15) is 4.57 Å². The lowest BCUT2D eigenvalue weighted by atomic mass is 9.81. The van der Waals surface area contributed by atoms with E-state index in [1.807, 2.05) is 18.2 Å². The first-order valence-corrected chi connectivity index (χ1v) is 18.5. The van der Waals surface area contributed by atoms with Gasteiger partial charge in [-0.15, -0.1) is 0 Å². The molecule has 0 bridgehead atoms. The third kappa shape index (κ3) is 9.69. The summed E-state index contributed by atoms with van der Waals surface area (Å²) in [5.74, 6) is 1.51. The maximum absolute atomic E-state index is 15.6. The molecule has 0 aliphatic carbocycles. The molecule has 0 amide bonds. The number of rotatable bonds is 6. The van der Waals surface area contributed by atoms with E-state index < -0.39 is 7.82 Å². The maximum Gasteiger partial charge on any atom is 0.647 e. The zero-order chi connectivity index (χ0) is 36.2. The van der Waals surface area contributed by atoms with Gasteiger partial charge in [-0.3, -0.25) is 0 Å². The molecule has 4 nitrogen and oxygen atoms in total. The van der Waals surface area contributed by atoms with E-state index in [2.05, 4.69) is 161 Å². The van der Waals surface area contributed by atoms with E-state index >= 15 is 4.57 Å². The second kappa shape index (κ2) is 12.6. The lowest BCUT2D eigenvalue weighted by Crippen LogP contribution is -2.21. The van der Waals surface area contributed by atoms with Crippen LogP contribution in [0.1, 0.15) is 158 Å². The molecule has 0 N–H and O–H groups in total. The molecule has 0 saturated heterocycles. The van der Waals surface area contributed by atoms with Gasteiger partial charge >= 0.3 is 7.82 Å². The van der Waals surface area contributed by atoms with E-state index in [1.165, 1.54) is 0 Å². The third-order valence-corrected chi connectivity index (χ3v) is 9.86. The minimum Gasteiger partial charge on any atom is -0.386 e. The summed E-state index contributed by atoms with van der Waals surface area (Å²) in [6.07, 6.45) is 0. The SMILES string of the molecule is CC(C)(C)c1ccc(C(C)(C)C)c(OP(=O)(Oc2cc(C(C)(C)C)ccc2C(C)(C)C)Oc2cc(C(C)(C)C)ccc2C(C)(C)C)c1. The molecule has 0 atom stereocenters. The van der Waals surface area contributed by atoms with Gasteiger partial charge in [0.05, 0.1) is 0 Å². The van der Waals surface area contributed by atoms with Crippen LogP contribution in [0.3, 0.4) is 0 Å². The Labute approximate surface area is 287 Å². The second-order valence-corrected chi connectivity index (χ2v) is 20.8. The highest BCUT2D eigenvalue weighted by Crippen LogP contribution is 2.55. The van der Waals surface area contributed by atoms with Gasteiger partial charge in [0.2, 0.25) is 0 Å². The standard InChI is InChI=1S/C42H63O4P/c1-37(2,3)28-19-22-31(40(10,11)12)34(25-28)44-47(43,45-35-26-29(38(4,5)6)20-23-32(35)41(13,14)15)46-36-27-30(39(7,8)9)21-24-33(36)42(16,17)18/h19-27H,1-18H3. The average Bonchev–Trinajstić information content (AvgIpc) is 2.84. The first-order chi connectivity index (χ1) is 20.9. The Morgan fingerprint density at radius 3 is 0.745 bits per heavy atom. The number of hydrogen-bond donors (Lipinski definition) is 0. The summed E-state index contributed by atoms with van der Waals surface area (Å²) in [4.78, 5) is 0. The Morgan fingerprint density at radius 2 is 0.574 bits per heavy atom. The van der Waals surface area contributed by atoms with Crippen LogP contribution in [-0.2, 0) is 37.1 Å². The predicted octanol–water partition coefficient (Wildman–Crippen LogP) is 13.1. The maximum atomic E-state index is 15.6. The van der Waals surface area contributed by atoms with E-state index in [1.54, 1.807) is 0 Å². The summed E-state index contributed by atoms with van der Waals surface area (Å²) in [5, 5.41) is 0. The Bertz CT molecular complexity index is 1430. The molecule has 3 aromatic rings. The van der Waals surface area contributed by atoms with Gasteiger partial charge in [0, 0.05) is 16.7 Å². The van der Waals surface area contributed by atoms with Crippen LogP contribution in [0.5, 0.6) is 17.2 Å². The van der Waals surface area contributed by atoms with Crippen LogP contribution in [0.15, 0.2) is 54.6 Å². The number of phosphoric acid groups is 1. The van der Waals surface area contributed by atoms with E-state index in [4.69, 9.17) is 13.6 Å². The summed E-state index contributed by atoms with van der Waals surface area (Å²) in [6.45, 7) is 38.7. The number of benzene rings is 3. The van der Waals surface area contributed by atoms with Crippen molar-refractivity contribution in [1.82, 2.24) is 0 Å². The van der Waals surface area contributed by atoms with Crippen LogP contribution in [0.4, 0.5) is 0 Å². The second-order valence-electron chi connectivity index (χ2n) is 19.4. The summed E-state index contributed by atoms with van der Waals surface area (Å²) in [7, 11) is -4.39.